The van der Waals surface area contributed by atoms with Crippen LogP contribution < -0.4 is 15.2 Å². The van der Waals surface area contributed by atoms with Gasteiger partial charge in [-0.15, -0.1) is 0 Å². The third-order valence-electron chi connectivity index (χ3n) is 2.93. The van der Waals surface area contributed by atoms with Crippen LogP contribution in [0.4, 0.5) is 5.69 Å². The van der Waals surface area contributed by atoms with Gasteiger partial charge in [-0.2, -0.15) is 0 Å². The monoisotopic (exact) mass is 316 g/mol. The van der Waals surface area contributed by atoms with Crippen LogP contribution in [0.1, 0.15) is 10.4 Å². The molecule has 0 spiro atoms. The van der Waals surface area contributed by atoms with Crippen LogP contribution in [0.2, 0.25) is 0 Å². The molecule has 118 valence electrons. The number of ether oxygens (including phenoxy) is 2. The molecule has 7 nitrogen and oxygen atoms in total. The maximum Gasteiger partial charge on any atom is 0.255 e. The van der Waals surface area contributed by atoms with Crippen molar-refractivity contribution in [3.05, 3.63) is 17.7 Å². The summed E-state index contributed by atoms with van der Waals surface area (Å²) in [4.78, 5) is 13.6. The van der Waals surface area contributed by atoms with Gasteiger partial charge in [0.25, 0.3) is 5.91 Å². The molecule has 1 aromatic rings. The Hall–Kier alpha value is -1.96. The first kappa shape index (κ1) is 17.1. The number of rotatable bonds is 6. The molecule has 0 radical (unpaired) electrons. The summed E-state index contributed by atoms with van der Waals surface area (Å²) in [5, 5.41) is 0. The summed E-state index contributed by atoms with van der Waals surface area (Å²) >= 11 is 0. The molecule has 1 rings (SSSR count). The minimum absolute atomic E-state index is 0.0887. The molecular formula is C13H20N2O5S. The molecule has 1 amide bonds. The largest absolute Gasteiger partial charge is 0.493 e. The van der Waals surface area contributed by atoms with Crippen molar-refractivity contribution >= 4 is 21.4 Å². The highest BCUT2D eigenvalue weighted by Crippen LogP contribution is 2.32. The molecule has 0 aliphatic heterocycles. The fraction of sp³-hybridized carbons (Fsp3) is 0.462. The Morgan fingerprint density at radius 1 is 1.24 bits per heavy atom. The lowest BCUT2D eigenvalue weighted by molar-refractivity contribution is 0.0804. The topological polar surface area (TPSA) is 98.9 Å². The van der Waals surface area contributed by atoms with Gasteiger partial charge in [-0.3, -0.25) is 4.79 Å². The first-order valence-electron chi connectivity index (χ1n) is 6.14. The minimum atomic E-state index is -3.14. The van der Waals surface area contributed by atoms with Crippen molar-refractivity contribution in [1.29, 1.82) is 0 Å². The first-order valence-corrected chi connectivity index (χ1v) is 8.20. The number of hydrogen-bond acceptors (Lipinski definition) is 6. The Morgan fingerprint density at radius 2 is 1.76 bits per heavy atom. The second-order valence-corrected chi connectivity index (χ2v) is 6.91. The van der Waals surface area contributed by atoms with Crippen molar-refractivity contribution in [2.75, 3.05) is 45.6 Å². The molecule has 0 saturated heterocycles. The van der Waals surface area contributed by atoms with Crippen molar-refractivity contribution in [2.24, 2.45) is 0 Å². The average molecular weight is 316 g/mol. The third-order valence-corrected chi connectivity index (χ3v) is 3.85. The zero-order chi connectivity index (χ0) is 16.2. The molecule has 8 heteroatoms. The number of methoxy groups -OCH3 is 2. The van der Waals surface area contributed by atoms with Gasteiger partial charge < -0.3 is 20.1 Å². The normalized spacial score (nSPS) is 11.0. The molecule has 0 atom stereocenters. The number of sulfone groups is 1. The van der Waals surface area contributed by atoms with Crippen LogP contribution in [0.25, 0.3) is 0 Å². The van der Waals surface area contributed by atoms with Gasteiger partial charge >= 0.3 is 0 Å². The van der Waals surface area contributed by atoms with Gasteiger partial charge in [0.15, 0.2) is 11.5 Å². The van der Waals surface area contributed by atoms with E-state index in [1.54, 1.807) is 0 Å². The number of hydrogen-bond donors (Lipinski definition) is 1. The van der Waals surface area contributed by atoms with Gasteiger partial charge in [0.2, 0.25) is 0 Å². The van der Waals surface area contributed by atoms with E-state index in [0.717, 1.165) is 6.26 Å². The number of carbonyl (C=O) groups excluding carboxylic acids is 1. The quantitative estimate of drug-likeness (QED) is 0.763. The fourth-order valence-corrected chi connectivity index (χ4v) is 2.30. The Kier molecular flexibility index (Phi) is 5.42. The molecule has 0 fully saturated rings. The summed E-state index contributed by atoms with van der Waals surface area (Å²) in [7, 11) is 1.30. The summed E-state index contributed by atoms with van der Waals surface area (Å²) in [6.07, 6.45) is 1.12. The zero-order valence-electron chi connectivity index (χ0n) is 12.5. The molecule has 0 bridgehead atoms. The smallest absolute Gasteiger partial charge is 0.255 e. The van der Waals surface area contributed by atoms with Gasteiger partial charge in [0, 0.05) is 31.6 Å². The maximum absolute atomic E-state index is 12.3. The third kappa shape index (κ3) is 4.52. The molecule has 0 saturated carbocycles. The molecule has 0 aliphatic rings. The van der Waals surface area contributed by atoms with Crippen molar-refractivity contribution in [3.63, 3.8) is 0 Å². The highest BCUT2D eigenvalue weighted by molar-refractivity contribution is 7.90. The second-order valence-electron chi connectivity index (χ2n) is 4.65. The number of nitrogen functional groups attached to an aromatic ring is 1. The van der Waals surface area contributed by atoms with Crippen LogP contribution in [-0.4, -0.2) is 59.0 Å². The Balaban J connectivity index is 3.01. The van der Waals surface area contributed by atoms with E-state index in [4.69, 9.17) is 15.2 Å². The van der Waals surface area contributed by atoms with E-state index >= 15 is 0 Å². The fourth-order valence-electron chi connectivity index (χ4n) is 1.69. The van der Waals surface area contributed by atoms with E-state index in [1.165, 1.54) is 38.3 Å². The number of nitrogens with zero attached hydrogens (tertiary/aromatic N) is 1. The molecule has 1 aromatic carbocycles. The van der Waals surface area contributed by atoms with Crippen molar-refractivity contribution in [1.82, 2.24) is 4.90 Å². The molecule has 0 aromatic heterocycles. The second kappa shape index (κ2) is 6.66. The van der Waals surface area contributed by atoms with E-state index in [0.29, 0.717) is 11.5 Å². The van der Waals surface area contributed by atoms with E-state index in [2.05, 4.69) is 0 Å². The number of anilines is 1. The van der Waals surface area contributed by atoms with Crippen molar-refractivity contribution in [3.8, 4) is 11.5 Å². The van der Waals surface area contributed by atoms with E-state index in [1.807, 2.05) is 0 Å². The van der Waals surface area contributed by atoms with E-state index < -0.39 is 9.84 Å². The highest BCUT2D eigenvalue weighted by atomic mass is 32.2. The maximum atomic E-state index is 12.3. The van der Waals surface area contributed by atoms with Gasteiger partial charge in [-0.25, -0.2) is 8.42 Å². The van der Waals surface area contributed by atoms with Gasteiger partial charge in [-0.05, 0) is 6.07 Å². The zero-order valence-corrected chi connectivity index (χ0v) is 13.4. The van der Waals surface area contributed by atoms with E-state index in [-0.39, 0.29) is 29.5 Å². The summed E-state index contributed by atoms with van der Waals surface area (Å²) in [6, 6.07) is 2.98. The molecule has 21 heavy (non-hydrogen) atoms. The van der Waals surface area contributed by atoms with Gasteiger partial charge in [0.1, 0.15) is 9.84 Å². The van der Waals surface area contributed by atoms with Crippen LogP contribution in [0.15, 0.2) is 12.1 Å². The van der Waals surface area contributed by atoms with Gasteiger partial charge in [0.05, 0.1) is 25.5 Å². The lowest BCUT2D eigenvalue weighted by Crippen LogP contribution is -2.32. The number of nitrogens with two attached hydrogens (primary N) is 1. The molecule has 0 unspecified atom stereocenters. The van der Waals surface area contributed by atoms with Crippen LogP contribution in [0.3, 0.4) is 0 Å². The number of carbonyl (C=O) groups is 1. The Morgan fingerprint density at radius 3 is 2.24 bits per heavy atom. The SMILES string of the molecule is COc1cc(N)c(C(=O)N(C)CCS(C)(=O)=O)cc1OC. The van der Waals surface area contributed by atoms with Crippen molar-refractivity contribution < 1.29 is 22.7 Å². The van der Waals surface area contributed by atoms with E-state index in [9.17, 15) is 13.2 Å². The highest BCUT2D eigenvalue weighted by Gasteiger charge is 2.19. The first-order chi connectivity index (χ1) is 9.69. The molecule has 0 aliphatic carbocycles. The number of benzene rings is 1. The predicted molar refractivity (Wildman–Crippen MR) is 80.6 cm³/mol. The average Bonchev–Trinajstić information content (AvgIpc) is 2.42. The Bertz CT molecular complexity index is 628. The summed E-state index contributed by atoms with van der Waals surface area (Å²) in [6.45, 7) is 0.0887. The summed E-state index contributed by atoms with van der Waals surface area (Å²) in [5.41, 5.74) is 6.32. The van der Waals surface area contributed by atoms with Gasteiger partial charge in [-0.1, -0.05) is 0 Å². The van der Waals surface area contributed by atoms with Crippen molar-refractivity contribution in [2.45, 2.75) is 0 Å². The minimum Gasteiger partial charge on any atom is -0.493 e. The summed E-state index contributed by atoms with van der Waals surface area (Å²) < 4.78 is 32.5. The van der Waals surface area contributed by atoms with Crippen LogP contribution in [0.5, 0.6) is 11.5 Å². The molecule has 0 heterocycles. The predicted octanol–water partition coefficient (Wildman–Crippen LogP) is 0.403. The number of amides is 1. The van der Waals surface area contributed by atoms with Crippen LogP contribution in [-0.2, 0) is 9.84 Å². The lowest BCUT2D eigenvalue weighted by atomic mass is 10.1. The van der Waals surface area contributed by atoms with Crippen LogP contribution in [0, 0.1) is 0 Å². The summed E-state index contributed by atoms with van der Waals surface area (Å²) in [5.74, 6) is 0.316. The lowest BCUT2D eigenvalue weighted by Gasteiger charge is -2.19. The molecular weight excluding hydrogens is 296 g/mol. The van der Waals surface area contributed by atoms with Crippen LogP contribution >= 0.6 is 0 Å². The Labute approximate surface area is 124 Å². The molecule has 2 N–H and O–H groups in total. The standard InChI is InChI=1S/C13H20N2O5S/c1-15(5-6-21(4,17)18)13(16)9-7-11(19-2)12(20-3)8-10(9)14/h7-8H,5-6,14H2,1-4H3.